The van der Waals surface area contributed by atoms with E-state index >= 15 is 0 Å². The molecule has 0 atom stereocenters. The van der Waals surface area contributed by atoms with Crippen LogP contribution in [0.1, 0.15) is 60.7 Å². The number of piperazine rings is 3. The lowest BCUT2D eigenvalue weighted by molar-refractivity contribution is 0.0635. The molecular weight excluding hydrogens is 1270 g/mol. The van der Waals surface area contributed by atoms with Gasteiger partial charge >= 0.3 is 0 Å². The van der Waals surface area contributed by atoms with Gasteiger partial charge in [-0.2, -0.15) is 17.5 Å². The zero-order valence-electron chi connectivity index (χ0n) is 48.7. The Labute approximate surface area is 542 Å². The number of carbonyl (C=O) groups is 4. The van der Waals surface area contributed by atoms with Crippen LogP contribution in [0.25, 0.3) is 40.3 Å². The van der Waals surface area contributed by atoms with E-state index < -0.39 is 0 Å². The summed E-state index contributed by atoms with van der Waals surface area (Å²) in [4.78, 5) is 63.3. The van der Waals surface area contributed by atoms with Crippen molar-refractivity contribution in [1.29, 1.82) is 0 Å². The fourth-order valence-corrected chi connectivity index (χ4v) is 14.9. The van der Waals surface area contributed by atoms with Crippen molar-refractivity contribution in [2.45, 2.75) is 19.3 Å². The van der Waals surface area contributed by atoms with Crippen molar-refractivity contribution in [3.8, 4) is 0 Å². The van der Waals surface area contributed by atoms with Crippen molar-refractivity contribution in [2.75, 3.05) is 131 Å². The number of amides is 4. The van der Waals surface area contributed by atoms with Gasteiger partial charge in [0.25, 0.3) is 23.6 Å². The van der Waals surface area contributed by atoms with Gasteiger partial charge in [0.15, 0.2) is 5.15 Å². The summed E-state index contributed by atoms with van der Waals surface area (Å²) in [6.07, 6.45) is 2.68. The van der Waals surface area contributed by atoms with Crippen LogP contribution in [0.5, 0.6) is 0 Å². The van der Waals surface area contributed by atoms with E-state index in [1.807, 2.05) is 24.3 Å². The molecule has 3 N–H and O–H groups in total. The highest BCUT2D eigenvalue weighted by Gasteiger charge is 2.36. The van der Waals surface area contributed by atoms with Gasteiger partial charge < -0.3 is 25.8 Å². The molecule has 0 radical (unpaired) electrons. The van der Waals surface area contributed by atoms with E-state index in [0.717, 1.165) is 144 Å². The summed E-state index contributed by atoms with van der Waals surface area (Å²) < 4.78 is 22.8. The highest BCUT2D eigenvalue weighted by atomic mass is 79.9. The monoisotopic (exact) mass is 1340 g/mol. The number of hydrogen-bond donors (Lipinski definition) is 2. The van der Waals surface area contributed by atoms with Gasteiger partial charge in [0.2, 0.25) is 0 Å². The molecule has 10 aromatic rings. The molecular formula is C65H69BrClN13O4S4. The Morgan fingerprint density at radius 3 is 1.12 bits per heavy atom. The zero-order chi connectivity index (χ0) is 60.8. The Morgan fingerprint density at radius 2 is 0.739 bits per heavy atom. The lowest BCUT2D eigenvalue weighted by Crippen LogP contribution is -2.47. The molecule has 3 fully saturated rings. The number of nitrogens with one attached hydrogen (secondary N) is 1. The van der Waals surface area contributed by atoms with Gasteiger partial charge in [0.1, 0.15) is 17.5 Å². The van der Waals surface area contributed by atoms with E-state index in [4.69, 9.17) is 17.3 Å². The topological polar surface area (TPSA) is 181 Å². The molecule has 9 heterocycles. The van der Waals surface area contributed by atoms with E-state index in [1.54, 1.807) is 83.1 Å². The smallest absolute Gasteiger partial charge is 0.261 e. The highest BCUT2D eigenvalue weighted by Crippen LogP contribution is 2.33. The second-order valence-corrected chi connectivity index (χ2v) is 25.9. The minimum atomic E-state index is -0.170. The van der Waals surface area contributed by atoms with E-state index in [2.05, 4.69) is 136 Å². The Morgan fingerprint density at radius 1 is 0.409 bits per heavy atom. The van der Waals surface area contributed by atoms with Crippen LogP contribution in [0, 0.1) is 0 Å². The van der Waals surface area contributed by atoms with Crippen LogP contribution < -0.4 is 25.8 Å². The number of nitrogens with zero attached hydrogens (tertiary/aromatic N) is 11. The summed E-state index contributed by atoms with van der Waals surface area (Å²) in [5.74, 6) is 2.76. The number of aromatic nitrogens is 4. The third-order valence-corrected chi connectivity index (χ3v) is 20.2. The van der Waals surface area contributed by atoms with Crippen LogP contribution in [0.15, 0.2) is 146 Å². The quantitative estimate of drug-likeness (QED) is 0.0821. The molecule has 3 saturated heterocycles. The van der Waals surface area contributed by atoms with Crippen molar-refractivity contribution in [1.82, 2.24) is 42.4 Å². The molecule has 0 aliphatic carbocycles. The summed E-state index contributed by atoms with van der Waals surface area (Å²) in [5, 5.41) is 9.64. The molecule has 456 valence electrons. The molecule has 5 aliphatic heterocycles. The zero-order valence-corrected chi connectivity index (χ0v) is 54.3. The standard InChI is InChI=1S/C22H22N4O2S.C14H20N4S.C11H10BrNO2.C11H13N3S.C7H4ClNS/c27-21-16-6-1-2-7-17(16)22(28)26(21)11-5-10-24-12-14-25(15-13-24)20-18-8-3-4-9-19(18)29-23-20;15-6-3-7-17-8-10-18(11-9-17)14-12-4-1-2-5-13(12)19-16-14;12-6-3-7-13-10(14)8-4-1-2-5-9(8)11(13)15;1-2-4-10-9(3-1)11(13-15-10)14-7-5-12-6-8-14;8-7-5-3-1-2-4-6(5)10-9-7/h1-4,6-9H,5,10-15H2;1-2,4-5H,3,6-11,15H2;1-2,4-5H,3,6-7H2;1-4,12H,5-8H2;1-4H. The van der Waals surface area contributed by atoms with E-state index in [1.165, 1.54) is 57.4 Å². The van der Waals surface area contributed by atoms with Gasteiger partial charge in [-0.1, -0.05) is 106 Å². The van der Waals surface area contributed by atoms with Crippen LogP contribution in [0.4, 0.5) is 17.5 Å². The molecule has 5 aliphatic rings. The molecule has 0 spiro atoms. The minimum Gasteiger partial charge on any atom is -0.353 e. The van der Waals surface area contributed by atoms with Crippen LogP contribution >= 0.6 is 73.7 Å². The van der Waals surface area contributed by atoms with Gasteiger partial charge in [0.05, 0.1) is 41.1 Å². The molecule has 4 aromatic heterocycles. The maximum atomic E-state index is 12.4. The fourth-order valence-electron chi connectivity index (χ4n) is 11.3. The largest absolute Gasteiger partial charge is 0.353 e. The number of halogens is 2. The van der Waals surface area contributed by atoms with Crippen LogP contribution in [0.3, 0.4) is 0 Å². The van der Waals surface area contributed by atoms with Crippen molar-refractivity contribution in [2.24, 2.45) is 5.73 Å². The third-order valence-electron chi connectivity index (χ3n) is 16.0. The summed E-state index contributed by atoms with van der Waals surface area (Å²) in [5.41, 5.74) is 7.68. The van der Waals surface area contributed by atoms with Crippen molar-refractivity contribution < 1.29 is 19.2 Å². The highest BCUT2D eigenvalue weighted by molar-refractivity contribution is 9.09. The molecule has 0 bridgehead atoms. The molecule has 6 aromatic carbocycles. The van der Waals surface area contributed by atoms with Crippen LogP contribution in [0.2, 0.25) is 5.15 Å². The normalized spacial score (nSPS) is 16.1. The second-order valence-electron chi connectivity index (χ2n) is 21.5. The Hall–Kier alpha value is -6.83. The number of rotatable bonds is 13. The molecule has 17 nitrogen and oxygen atoms in total. The number of hydrogen-bond acceptors (Lipinski definition) is 19. The number of alkyl halides is 1. The maximum absolute atomic E-state index is 12.4. The number of carbonyl (C=O) groups excluding carboxylic acids is 4. The maximum Gasteiger partial charge on any atom is 0.261 e. The van der Waals surface area contributed by atoms with E-state index in [9.17, 15) is 19.2 Å². The first-order valence-corrected chi connectivity index (χ1v) is 34.4. The average molecular weight is 1340 g/mol. The second kappa shape index (κ2) is 30.6. The minimum absolute atomic E-state index is 0.161. The Kier molecular flexibility index (Phi) is 21.8. The van der Waals surface area contributed by atoms with Gasteiger partial charge in [-0.25, -0.2) is 0 Å². The molecule has 0 saturated carbocycles. The van der Waals surface area contributed by atoms with Crippen molar-refractivity contribution in [3.05, 3.63) is 173 Å². The number of nitrogens with two attached hydrogens (primary N) is 1. The van der Waals surface area contributed by atoms with Gasteiger partial charge in [-0.3, -0.25) is 38.8 Å². The summed E-state index contributed by atoms with van der Waals surface area (Å²) >= 11 is 15.2. The number of benzene rings is 6. The molecule has 0 unspecified atom stereocenters. The molecule has 4 amide bonds. The first-order chi connectivity index (χ1) is 43.2. The Bertz CT molecular complexity index is 3920. The molecule has 23 heteroatoms. The summed E-state index contributed by atoms with van der Waals surface area (Å²) in [6.45, 7) is 16.2. The lowest BCUT2D eigenvalue weighted by atomic mass is 10.1. The van der Waals surface area contributed by atoms with Crippen LogP contribution in [-0.2, 0) is 0 Å². The number of anilines is 3. The predicted octanol–water partition coefficient (Wildman–Crippen LogP) is 11.6. The van der Waals surface area contributed by atoms with E-state index in [-0.39, 0.29) is 23.6 Å². The van der Waals surface area contributed by atoms with Crippen molar-refractivity contribution >= 4 is 155 Å². The number of fused-ring (bicyclic) bond motifs is 6. The van der Waals surface area contributed by atoms with E-state index in [0.29, 0.717) is 40.5 Å². The van der Waals surface area contributed by atoms with Gasteiger partial charge in [-0.05, 0) is 152 Å². The summed E-state index contributed by atoms with van der Waals surface area (Å²) in [6, 6.07) is 47.3. The third kappa shape index (κ3) is 14.7. The van der Waals surface area contributed by atoms with Gasteiger partial charge in [0, 0.05) is 119 Å². The average Bonchev–Trinajstić information content (AvgIpc) is 2.85. The first kappa shape index (κ1) is 62.8. The SMILES string of the molecule is Clc1nsc2ccccc12.NCCCN1CCN(c2nsc3ccccc23)CC1.O=C1c2ccccc2C(=O)N1CCCBr.O=C1c2ccccc2C(=O)N1CCCN1CCN(c2nsc3ccccc23)CC1.c1ccc2c(N3CCNCC3)nsc2c1. The lowest BCUT2D eigenvalue weighted by Gasteiger charge is -2.35. The predicted molar refractivity (Wildman–Crippen MR) is 366 cm³/mol. The molecule has 88 heavy (non-hydrogen) atoms. The molecule has 15 rings (SSSR count). The summed E-state index contributed by atoms with van der Waals surface area (Å²) in [7, 11) is 0. The first-order valence-electron chi connectivity index (χ1n) is 29.8. The Balaban J connectivity index is 0.000000119. The van der Waals surface area contributed by atoms with Crippen molar-refractivity contribution in [3.63, 3.8) is 0 Å². The van der Waals surface area contributed by atoms with Gasteiger partial charge in [-0.15, -0.1) is 0 Å². The number of imide groups is 2. The fraction of sp³-hybridized carbons (Fsp3) is 0.323. The van der Waals surface area contributed by atoms with Crippen LogP contribution in [-0.4, -0.2) is 177 Å².